The molecule has 92 valence electrons. The highest BCUT2D eigenvalue weighted by atomic mass is 79.9. The molecule has 0 aliphatic rings. The van der Waals surface area contributed by atoms with Crippen LogP contribution in [-0.2, 0) is 0 Å². The van der Waals surface area contributed by atoms with E-state index in [2.05, 4.69) is 20.9 Å². The highest BCUT2D eigenvalue weighted by Crippen LogP contribution is 2.27. The Balaban J connectivity index is 2.19. The summed E-state index contributed by atoms with van der Waals surface area (Å²) in [6.07, 6.45) is 1.58. The molecule has 4 nitrogen and oxygen atoms in total. The molecular formula is C11H6BrClN2O2S. The number of halogens is 2. The lowest BCUT2D eigenvalue weighted by atomic mass is 10.3. The van der Waals surface area contributed by atoms with Crippen LogP contribution in [0, 0.1) is 10.1 Å². The van der Waals surface area contributed by atoms with Gasteiger partial charge in [-0.15, -0.1) is 0 Å². The van der Waals surface area contributed by atoms with E-state index in [1.807, 2.05) is 0 Å². The number of hydrogen-bond donors (Lipinski definition) is 0. The fourth-order valence-corrected chi connectivity index (χ4v) is 2.33. The van der Waals surface area contributed by atoms with Gasteiger partial charge in [0.15, 0.2) is 0 Å². The summed E-state index contributed by atoms with van der Waals surface area (Å²) < 4.78 is 0.801. The Hall–Kier alpha value is -1.24. The van der Waals surface area contributed by atoms with Crippen molar-refractivity contribution in [2.75, 3.05) is 0 Å². The molecule has 0 saturated heterocycles. The van der Waals surface area contributed by atoms with Gasteiger partial charge in [0.2, 0.25) is 0 Å². The summed E-state index contributed by atoms with van der Waals surface area (Å²) in [6.45, 7) is 0. The predicted octanol–water partition coefficient (Wildman–Crippen LogP) is 4.82. The van der Waals surface area contributed by atoms with Crippen molar-refractivity contribution in [3.05, 3.63) is 54.8 Å². The summed E-state index contributed by atoms with van der Waals surface area (Å²) in [5.41, 5.74) is 0.694. The maximum absolute atomic E-state index is 10.5. The van der Waals surface area contributed by atoms with Crippen molar-refractivity contribution in [2.45, 2.75) is 0 Å². The molecule has 0 fully saturated rings. The molecule has 1 heterocycles. The van der Waals surface area contributed by atoms with Gasteiger partial charge in [-0.1, -0.05) is 22.9 Å². The van der Waals surface area contributed by atoms with E-state index in [0.717, 1.165) is 20.7 Å². The van der Waals surface area contributed by atoms with Crippen LogP contribution in [0.5, 0.6) is 0 Å². The van der Waals surface area contributed by atoms with Crippen LogP contribution in [0.2, 0.25) is 5.02 Å². The summed E-state index contributed by atoms with van der Waals surface area (Å²) in [5, 5.41) is 11.2. The monoisotopic (exact) mass is 344 g/mol. The van der Waals surface area contributed by atoms with Crippen LogP contribution in [0.25, 0.3) is 0 Å². The summed E-state index contributed by atoms with van der Waals surface area (Å²) in [5.74, 6) is 0. The molecule has 1 aromatic carbocycles. The third-order valence-corrected chi connectivity index (χ3v) is 4.24. The van der Waals surface area contributed by atoms with Crippen LogP contribution in [0.3, 0.4) is 0 Å². The zero-order chi connectivity index (χ0) is 13.1. The number of rotatable bonds is 3. The Kier molecular flexibility index (Phi) is 4.11. The first-order valence-corrected chi connectivity index (χ1v) is 6.78. The van der Waals surface area contributed by atoms with E-state index in [4.69, 9.17) is 11.6 Å². The number of hydrogen-bond acceptors (Lipinski definition) is 4. The van der Waals surface area contributed by atoms with E-state index < -0.39 is 4.92 Å². The van der Waals surface area contributed by atoms with Gasteiger partial charge in [-0.25, -0.2) is 0 Å². The van der Waals surface area contributed by atoms with E-state index in [1.165, 1.54) is 6.07 Å². The minimum atomic E-state index is -0.418. The molecule has 0 spiro atoms. The van der Waals surface area contributed by atoms with Crippen LogP contribution in [0.1, 0.15) is 4.88 Å². The van der Waals surface area contributed by atoms with E-state index >= 15 is 0 Å². The lowest BCUT2D eigenvalue weighted by Crippen LogP contribution is -1.80. The molecule has 0 aliphatic heterocycles. The molecule has 0 amide bonds. The zero-order valence-corrected chi connectivity index (χ0v) is 12.0. The molecule has 7 heteroatoms. The molecule has 0 unspecified atom stereocenters. The first-order chi connectivity index (χ1) is 8.56. The minimum absolute atomic E-state index is 0.102. The van der Waals surface area contributed by atoms with E-state index in [9.17, 15) is 10.1 Å². The van der Waals surface area contributed by atoms with Gasteiger partial charge in [0.25, 0.3) is 0 Å². The maximum atomic E-state index is 10.5. The molecule has 0 N–H and O–H groups in total. The molecule has 0 bridgehead atoms. The van der Waals surface area contributed by atoms with Crippen LogP contribution < -0.4 is 0 Å². The number of aliphatic imine (C=N–C) groups is 1. The van der Waals surface area contributed by atoms with E-state index in [0.29, 0.717) is 10.7 Å². The van der Waals surface area contributed by atoms with Crippen molar-refractivity contribution < 1.29 is 4.92 Å². The fourth-order valence-electron chi connectivity index (χ4n) is 1.21. The standard InChI is InChI=1S/C11H6BrClN2O2S/c12-9-3-1-7(5-10(9)13)14-6-8-2-4-11(18-8)15(16)17/h1-6H. The van der Waals surface area contributed by atoms with Gasteiger partial charge in [0.05, 0.1) is 20.5 Å². The highest BCUT2D eigenvalue weighted by molar-refractivity contribution is 9.10. The lowest BCUT2D eigenvalue weighted by Gasteiger charge is -1.96. The van der Waals surface area contributed by atoms with E-state index in [1.54, 1.807) is 30.5 Å². The van der Waals surface area contributed by atoms with Crippen LogP contribution in [0.15, 0.2) is 39.8 Å². The smallest absolute Gasteiger partial charge is 0.258 e. The van der Waals surface area contributed by atoms with Crippen molar-refractivity contribution in [3.8, 4) is 0 Å². The van der Waals surface area contributed by atoms with Crippen LogP contribution in [-0.4, -0.2) is 11.1 Å². The van der Waals surface area contributed by atoms with Crippen molar-refractivity contribution in [1.82, 2.24) is 0 Å². The van der Waals surface area contributed by atoms with Crippen molar-refractivity contribution in [3.63, 3.8) is 0 Å². The summed E-state index contributed by atoms with van der Waals surface area (Å²) >= 11 is 10.3. The first kappa shape index (κ1) is 13.2. The minimum Gasteiger partial charge on any atom is -0.258 e. The Morgan fingerprint density at radius 2 is 2.17 bits per heavy atom. The molecule has 2 aromatic rings. The van der Waals surface area contributed by atoms with Crippen molar-refractivity contribution in [2.24, 2.45) is 4.99 Å². The third-order valence-electron chi connectivity index (χ3n) is 2.04. The normalized spacial score (nSPS) is 11.0. The second-order valence-corrected chi connectivity index (χ2v) is 5.65. The van der Waals surface area contributed by atoms with Gasteiger partial charge in [-0.3, -0.25) is 15.1 Å². The molecule has 0 atom stereocenters. The van der Waals surface area contributed by atoms with Gasteiger partial charge in [-0.2, -0.15) is 0 Å². The fraction of sp³-hybridized carbons (Fsp3) is 0. The molecule has 18 heavy (non-hydrogen) atoms. The Morgan fingerprint density at radius 1 is 1.39 bits per heavy atom. The molecule has 0 saturated carbocycles. The van der Waals surface area contributed by atoms with Gasteiger partial charge in [0, 0.05) is 16.8 Å². The number of nitro groups is 1. The second-order valence-electron chi connectivity index (χ2n) is 3.29. The van der Waals surface area contributed by atoms with Gasteiger partial charge in [0.1, 0.15) is 0 Å². The zero-order valence-electron chi connectivity index (χ0n) is 8.84. The first-order valence-electron chi connectivity index (χ1n) is 4.79. The second kappa shape index (κ2) is 5.60. The molecule has 0 radical (unpaired) electrons. The number of benzene rings is 1. The van der Waals surface area contributed by atoms with Crippen LogP contribution in [0.4, 0.5) is 10.7 Å². The van der Waals surface area contributed by atoms with Gasteiger partial charge < -0.3 is 0 Å². The van der Waals surface area contributed by atoms with E-state index in [-0.39, 0.29) is 5.00 Å². The number of nitrogens with zero attached hydrogens (tertiary/aromatic N) is 2. The SMILES string of the molecule is O=[N+]([O-])c1ccc(C=Nc2ccc(Br)c(Cl)c2)s1. The Labute approximate surface area is 120 Å². The molecule has 0 aliphatic carbocycles. The Morgan fingerprint density at radius 3 is 2.78 bits per heavy atom. The number of thiophene rings is 1. The van der Waals surface area contributed by atoms with Gasteiger partial charge >= 0.3 is 5.00 Å². The third kappa shape index (κ3) is 3.16. The molecular weight excluding hydrogens is 340 g/mol. The average molecular weight is 346 g/mol. The van der Waals surface area contributed by atoms with Crippen LogP contribution >= 0.6 is 38.9 Å². The molecule has 1 aromatic heterocycles. The van der Waals surface area contributed by atoms with Crippen molar-refractivity contribution >= 4 is 55.8 Å². The summed E-state index contributed by atoms with van der Waals surface area (Å²) in [6, 6.07) is 8.43. The lowest BCUT2D eigenvalue weighted by molar-refractivity contribution is -0.380. The summed E-state index contributed by atoms with van der Waals surface area (Å²) in [7, 11) is 0. The summed E-state index contributed by atoms with van der Waals surface area (Å²) in [4.78, 5) is 15.0. The average Bonchev–Trinajstić information content (AvgIpc) is 2.79. The quantitative estimate of drug-likeness (QED) is 0.455. The largest absolute Gasteiger partial charge is 0.324 e. The maximum Gasteiger partial charge on any atom is 0.324 e. The highest BCUT2D eigenvalue weighted by Gasteiger charge is 2.07. The van der Waals surface area contributed by atoms with Crippen molar-refractivity contribution in [1.29, 1.82) is 0 Å². The van der Waals surface area contributed by atoms with Gasteiger partial charge in [-0.05, 0) is 40.2 Å². The Bertz CT molecular complexity index is 627. The predicted molar refractivity (Wildman–Crippen MR) is 77.4 cm³/mol. The molecule has 2 rings (SSSR count). The topological polar surface area (TPSA) is 55.5 Å².